The van der Waals surface area contributed by atoms with Crippen LogP contribution in [0.1, 0.15) is 310 Å². The number of carbonyl (C=O) groups is 3. The van der Waals surface area contributed by atoms with Crippen molar-refractivity contribution in [3.05, 3.63) is 36.5 Å². The molecule has 0 aliphatic carbocycles. The highest BCUT2D eigenvalue weighted by atomic mass is 16.6. The van der Waals surface area contributed by atoms with E-state index in [9.17, 15) is 14.4 Å². The first-order valence-electron chi connectivity index (χ1n) is 29.0. The summed E-state index contributed by atoms with van der Waals surface area (Å²) in [6.07, 6.45) is 65.8. The standard InChI is InChI=1S/C60H110O6/c1-4-7-10-13-16-19-21-23-25-27-28-29-30-31-33-34-36-38-41-44-47-50-53-59(62)65-56-57(55-64-58(61)52-49-46-43-40-18-15-12-9-6-3)66-60(63)54-51-48-45-42-39-37-35-32-26-24-22-20-17-14-11-8-5-2/h8,11,17,20,24,26,57H,4-7,9-10,12-16,18-19,21-23,25,27-56H2,1-3H3/b11-8-,20-17-,26-24-. The van der Waals surface area contributed by atoms with E-state index < -0.39 is 6.10 Å². The number of carbonyl (C=O) groups excluding carboxylic acids is 3. The molecule has 0 saturated heterocycles. The van der Waals surface area contributed by atoms with Crippen LogP contribution >= 0.6 is 0 Å². The van der Waals surface area contributed by atoms with Gasteiger partial charge >= 0.3 is 17.9 Å². The molecule has 386 valence electrons. The van der Waals surface area contributed by atoms with Crippen LogP contribution in [0.4, 0.5) is 0 Å². The first kappa shape index (κ1) is 63.6. The topological polar surface area (TPSA) is 78.9 Å². The predicted octanol–water partition coefficient (Wildman–Crippen LogP) is 19.3. The number of esters is 3. The van der Waals surface area contributed by atoms with Crippen LogP contribution in [0.2, 0.25) is 0 Å². The first-order valence-corrected chi connectivity index (χ1v) is 29.0. The molecule has 6 heteroatoms. The highest BCUT2D eigenvalue weighted by molar-refractivity contribution is 5.71. The molecule has 0 aliphatic heterocycles. The largest absolute Gasteiger partial charge is 0.462 e. The summed E-state index contributed by atoms with van der Waals surface area (Å²) in [6, 6.07) is 0. The molecular weight excluding hydrogens is 817 g/mol. The summed E-state index contributed by atoms with van der Waals surface area (Å²) in [5.74, 6) is -0.867. The second-order valence-electron chi connectivity index (χ2n) is 19.5. The molecule has 0 amide bonds. The van der Waals surface area contributed by atoms with E-state index in [-0.39, 0.29) is 31.1 Å². The van der Waals surface area contributed by atoms with E-state index in [4.69, 9.17) is 14.2 Å². The fourth-order valence-corrected chi connectivity index (χ4v) is 8.58. The van der Waals surface area contributed by atoms with Gasteiger partial charge in [-0.1, -0.05) is 276 Å². The normalized spacial score (nSPS) is 12.2. The minimum atomic E-state index is -0.772. The molecule has 0 aliphatic rings. The Balaban J connectivity index is 4.21. The average molecular weight is 928 g/mol. The molecule has 0 saturated carbocycles. The summed E-state index contributed by atoms with van der Waals surface area (Å²) in [7, 11) is 0. The lowest BCUT2D eigenvalue weighted by atomic mass is 10.0. The molecule has 0 heterocycles. The van der Waals surface area contributed by atoms with Gasteiger partial charge in [-0.05, 0) is 51.4 Å². The van der Waals surface area contributed by atoms with E-state index in [1.165, 1.54) is 186 Å². The molecule has 0 spiro atoms. The molecule has 1 atom stereocenters. The Morgan fingerprint density at radius 3 is 0.924 bits per heavy atom. The lowest BCUT2D eigenvalue weighted by Crippen LogP contribution is -2.30. The van der Waals surface area contributed by atoms with E-state index in [2.05, 4.69) is 57.2 Å². The molecule has 0 radical (unpaired) electrons. The minimum absolute atomic E-state index is 0.0717. The lowest BCUT2D eigenvalue weighted by molar-refractivity contribution is -0.167. The zero-order valence-corrected chi connectivity index (χ0v) is 44.2. The number of allylic oxidation sites excluding steroid dienone is 6. The van der Waals surface area contributed by atoms with Crippen LogP contribution in [0.25, 0.3) is 0 Å². The molecular formula is C60H110O6. The SMILES string of the molecule is CC/C=C\C/C=C\C/C=C\CCCCCCCCCC(=O)OC(COC(=O)CCCCCCCCCCC)COC(=O)CCCCCCCCCCCCCCCCCCCCCCCC. The monoisotopic (exact) mass is 927 g/mol. The van der Waals surface area contributed by atoms with E-state index in [0.29, 0.717) is 19.3 Å². The van der Waals surface area contributed by atoms with Crippen LogP contribution in [-0.4, -0.2) is 37.2 Å². The Morgan fingerprint density at radius 2 is 0.591 bits per heavy atom. The molecule has 66 heavy (non-hydrogen) atoms. The maximum Gasteiger partial charge on any atom is 0.306 e. The number of hydrogen-bond donors (Lipinski definition) is 0. The summed E-state index contributed by atoms with van der Waals surface area (Å²) < 4.78 is 16.8. The molecule has 0 rings (SSSR count). The predicted molar refractivity (Wildman–Crippen MR) is 284 cm³/mol. The van der Waals surface area contributed by atoms with Crippen LogP contribution in [0.15, 0.2) is 36.5 Å². The van der Waals surface area contributed by atoms with Crippen LogP contribution in [0.5, 0.6) is 0 Å². The molecule has 0 aromatic heterocycles. The van der Waals surface area contributed by atoms with Crippen molar-refractivity contribution in [2.75, 3.05) is 13.2 Å². The van der Waals surface area contributed by atoms with Gasteiger partial charge in [-0.2, -0.15) is 0 Å². The summed E-state index contributed by atoms with van der Waals surface area (Å²) in [4.78, 5) is 38.0. The van der Waals surface area contributed by atoms with Crippen LogP contribution in [0, 0.1) is 0 Å². The van der Waals surface area contributed by atoms with Crippen LogP contribution < -0.4 is 0 Å². The van der Waals surface area contributed by atoms with Crippen molar-refractivity contribution in [2.45, 2.75) is 316 Å². The maximum atomic E-state index is 12.8. The fourth-order valence-electron chi connectivity index (χ4n) is 8.58. The van der Waals surface area contributed by atoms with Gasteiger partial charge in [-0.15, -0.1) is 0 Å². The maximum absolute atomic E-state index is 12.8. The van der Waals surface area contributed by atoms with Gasteiger partial charge in [0, 0.05) is 19.3 Å². The van der Waals surface area contributed by atoms with Crippen molar-refractivity contribution in [2.24, 2.45) is 0 Å². The summed E-state index contributed by atoms with van der Waals surface area (Å²) >= 11 is 0. The van der Waals surface area contributed by atoms with Crippen molar-refractivity contribution in [3.63, 3.8) is 0 Å². The Bertz CT molecular complexity index is 1110. The van der Waals surface area contributed by atoms with Crippen molar-refractivity contribution in [3.8, 4) is 0 Å². The van der Waals surface area contributed by atoms with Crippen molar-refractivity contribution in [1.82, 2.24) is 0 Å². The zero-order chi connectivity index (χ0) is 47.9. The third-order valence-electron chi connectivity index (χ3n) is 12.9. The zero-order valence-electron chi connectivity index (χ0n) is 44.2. The summed E-state index contributed by atoms with van der Waals surface area (Å²) in [6.45, 7) is 6.55. The Kier molecular flexibility index (Phi) is 53.2. The highest BCUT2D eigenvalue weighted by Gasteiger charge is 2.19. The molecule has 0 bridgehead atoms. The number of hydrogen-bond acceptors (Lipinski definition) is 6. The molecule has 0 aromatic rings. The van der Waals surface area contributed by atoms with Gasteiger partial charge in [-0.3, -0.25) is 14.4 Å². The minimum Gasteiger partial charge on any atom is -0.462 e. The highest BCUT2D eigenvalue weighted by Crippen LogP contribution is 2.17. The van der Waals surface area contributed by atoms with Gasteiger partial charge < -0.3 is 14.2 Å². The van der Waals surface area contributed by atoms with E-state index in [1.54, 1.807) is 0 Å². The van der Waals surface area contributed by atoms with Crippen LogP contribution in [0.3, 0.4) is 0 Å². The molecule has 0 N–H and O–H groups in total. The van der Waals surface area contributed by atoms with Gasteiger partial charge in [0.15, 0.2) is 6.10 Å². The van der Waals surface area contributed by atoms with Gasteiger partial charge in [0.1, 0.15) is 13.2 Å². The van der Waals surface area contributed by atoms with E-state index in [0.717, 1.165) is 83.5 Å². The second kappa shape index (κ2) is 55.2. The Hall–Kier alpha value is -2.37. The van der Waals surface area contributed by atoms with Crippen molar-refractivity contribution < 1.29 is 28.6 Å². The van der Waals surface area contributed by atoms with E-state index >= 15 is 0 Å². The Labute approximate surface area is 410 Å². The quantitative estimate of drug-likeness (QED) is 0.0262. The smallest absolute Gasteiger partial charge is 0.306 e. The molecule has 0 fully saturated rings. The second-order valence-corrected chi connectivity index (χ2v) is 19.5. The van der Waals surface area contributed by atoms with Crippen molar-refractivity contribution >= 4 is 17.9 Å². The number of rotatable bonds is 53. The third-order valence-corrected chi connectivity index (χ3v) is 12.9. The van der Waals surface area contributed by atoms with Gasteiger partial charge in [0.25, 0.3) is 0 Å². The number of ether oxygens (including phenoxy) is 3. The molecule has 0 aromatic carbocycles. The number of unbranched alkanes of at least 4 members (excludes halogenated alkanes) is 36. The fraction of sp³-hybridized carbons (Fsp3) is 0.850. The van der Waals surface area contributed by atoms with Gasteiger partial charge in [0.2, 0.25) is 0 Å². The lowest BCUT2D eigenvalue weighted by Gasteiger charge is -2.18. The third kappa shape index (κ3) is 52.6. The Morgan fingerprint density at radius 1 is 0.318 bits per heavy atom. The van der Waals surface area contributed by atoms with E-state index in [1.807, 2.05) is 0 Å². The summed E-state index contributed by atoms with van der Waals surface area (Å²) in [5, 5.41) is 0. The van der Waals surface area contributed by atoms with Gasteiger partial charge in [-0.25, -0.2) is 0 Å². The van der Waals surface area contributed by atoms with Crippen LogP contribution in [-0.2, 0) is 28.6 Å². The van der Waals surface area contributed by atoms with Crippen molar-refractivity contribution in [1.29, 1.82) is 0 Å². The molecule has 1 unspecified atom stereocenters. The average Bonchev–Trinajstić information content (AvgIpc) is 3.31. The summed E-state index contributed by atoms with van der Waals surface area (Å²) in [5.41, 5.74) is 0. The molecule has 6 nitrogen and oxygen atoms in total. The first-order chi connectivity index (χ1) is 32.5. The van der Waals surface area contributed by atoms with Gasteiger partial charge in [0.05, 0.1) is 0 Å².